The van der Waals surface area contributed by atoms with Crippen molar-refractivity contribution in [3.63, 3.8) is 0 Å². The van der Waals surface area contributed by atoms with Crippen LogP contribution in [0.25, 0.3) is 0 Å². The Morgan fingerprint density at radius 3 is 3.29 bits per heavy atom. The Morgan fingerprint density at radius 2 is 2.42 bits per heavy atom. The number of oxime groups is 1. The Labute approximate surface area is 148 Å². The lowest BCUT2D eigenvalue weighted by Gasteiger charge is -2.19. The van der Waals surface area contributed by atoms with Crippen LogP contribution in [0.5, 0.6) is 0 Å². The summed E-state index contributed by atoms with van der Waals surface area (Å²) in [4.78, 5) is 19.9. The van der Waals surface area contributed by atoms with E-state index in [1.807, 2.05) is 17.6 Å². The SMILES string of the molecule is O=C(c1csc[n+]1C#Cc1cccc(Cl)c1)N1CCC2C=NOC21. The topological polar surface area (TPSA) is 45.8 Å². The van der Waals surface area contributed by atoms with Crippen LogP contribution in [-0.4, -0.2) is 29.8 Å². The number of amides is 1. The minimum Gasteiger partial charge on any atom is -0.370 e. The van der Waals surface area contributed by atoms with E-state index < -0.39 is 0 Å². The summed E-state index contributed by atoms with van der Waals surface area (Å²) in [6.45, 7) is 0.664. The Hall–Kier alpha value is -2.36. The zero-order valence-electron chi connectivity index (χ0n) is 12.6. The van der Waals surface area contributed by atoms with Gasteiger partial charge in [0.1, 0.15) is 0 Å². The van der Waals surface area contributed by atoms with Crippen LogP contribution in [0.15, 0.2) is 40.3 Å². The number of hydrogen-bond acceptors (Lipinski definition) is 4. The molecule has 1 aromatic carbocycles. The molecule has 0 N–H and O–H groups in total. The fourth-order valence-corrected chi connectivity index (χ4v) is 3.69. The van der Waals surface area contributed by atoms with Gasteiger partial charge in [-0.05, 0) is 24.6 Å². The molecule has 2 aliphatic heterocycles. The number of nitrogens with zero attached hydrogens (tertiary/aromatic N) is 3. The van der Waals surface area contributed by atoms with Crippen molar-refractivity contribution >= 4 is 35.1 Å². The van der Waals surface area contributed by atoms with Crippen molar-refractivity contribution in [3.05, 3.63) is 51.4 Å². The molecule has 0 aliphatic carbocycles. The number of halogens is 1. The van der Waals surface area contributed by atoms with Crippen molar-refractivity contribution in [1.29, 1.82) is 0 Å². The van der Waals surface area contributed by atoms with E-state index in [-0.39, 0.29) is 18.1 Å². The summed E-state index contributed by atoms with van der Waals surface area (Å²) in [5, 5.41) is 6.26. The fraction of sp³-hybridized carbons (Fsp3) is 0.235. The molecule has 2 aliphatic rings. The summed E-state index contributed by atoms with van der Waals surface area (Å²) in [6, 6.07) is 10.3. The largest absolute Gasteiger partial charge is 0.370 e. The molecule has 2 aromatic rings. The van der Waals surface area contributed by atoms with Gasteiger partial charge >= 0.3 is 5.91 Å². The number of thiazole rings is 1. The van der Waals surface area contributed by atoms with E-state index in [0.29, 0.717) is 17.3 Å². The van der Waals surface area contributed by atoms with Gasteiger partial charge in [0, 0.05) is 23.1 Å². The van der Waals surface area contributed by atoms with Gasteiger partial charge in [0.2, 0.25) is 17.8 Å². The number of carbonyl (C=O) groups is 1. The van der Waals surface area contributed by atoms with Crippen molar-refractivity contribution in [2.24, 2.45) is 11.1 Å². The summed E-state index contributed by atoms with van der Waals surface area (Å²) >= 11 is 7.40. The van der Waals surface area contributed by atoms with Crippen LogP contribution in [0.3, 0.4) is 0 Å². The number of likely N-dealkylation sites (tertiary alicyclic amines) is 1. The maximum atomic E-state index is 12.8. The highest BCUT2D eigenvalue weighted by Crippen LogP contribution is 2.29. The van der Waals surface area contributed by atoms with Crippen molar-refractivity contribution in [2.45, 2.75) is 12.6 Å². The molecule has 5 nitrogen and oxygen atoms in total. The molecule has 2 unspecified atom stereocenters. The molecule has 7 heteroatoms. The molecule has 0 spiro atoms. The van der Waals surface area contributed by atoms with Gasteiger partial charge in [0.25, 0.3) is 5.69 Å². The van der Waals surface area contributed by atoms with Crippen LogP contribution in [-0.2, 0) is 4.84 Å². The monoisotopic (exact) mass is 358 g/mol. The standard InChI is InChI=1S/C17H13ClN3O2S/c18-14-3-1-2-12(8-14)4-6-20-11-24-10-15(20)16(22)21-7-5-13-9-19-23-17(13)21/h1-3,8-11,13,17H,5,7H2/q+1. The zero-order chi connectivity index (χ0) is 16.5. The molecule has 0 saturated carbocycles. The Morgan fingerprint density at radius 1 is 1.50 bits per heavy atom. The van der Waals surface area contributed by atoms with Gasteiger partial charge in [-0.1, -0.05) is 38.7 Å². The fourth-order valence-electron chi connectivity index (χ4n) is 2.81. The lowest BCUT2D eigenvalue weighted by Crippen LogP contribution is -2.43. The summed E-state index contributed by atoms with van der Waals surface area (Å²) in [5.74, 6) is 3.13. The first-order valence-corrected chi connectivity index (χ1v) is 8.80. The first-order chi connectivity index (χ1) is 11.7. The van der Waals surface area contributed by atoms with E-state index in [4.69, 9.17) is 16.4 Å². The molecule has 2 atom stereocenters. The summed E-state index contributed by atoms with van der Waals surface area (Å²) < 4.78 is 1.65. The average Bonchev–Trinajstić information content (AvgIpc) is 3.28. The van der Waals surface area contributed by atoms with Gasteiger partial charge < -0.3 is 4.84 Å². The average molecular weight is 359 g/mol. The van der Waals surface area contributed by atoms with Gasteiger partial charge in [-0.15, -0.1) is 0 Å². The van der Waals surface area contributed by atoms with Crippen molar-refractivity contribution in [3.8, 4) is 12.0 Å². The number of aromatic nitrogens is 1. The number of rotatable bonds is 1. The van der Waals surface area contributed by atoms with Crippen molar-refractivity contribution in [2.75, 3.05) is 6.54 Å². The minimum atomic E-state index is -0.285. The molecule has 0 radical (unpaired) electrons. The highest BCUT2D eigenvalue weighted by molar-refractivity contribution is 7.07. The Bertz CT molecular complexity index is 883. The first kappa shape index (κ1) is 15.2. The molecular formula is C17H13ClN3O2S+. The molecule has 0 bridgehead atoms. The smallest absolute Gasteiger partial charge is 0.323 e. The van der Waals surface area contributed by atoms with Gasteiger partial charge in [0.15, 0.2) is 0 Å². The van der Waals surface area contributed by atoms with Crippen LogP contribution < -0.4 is 4.57 Å². The molecule has 24 heavy (non-hydrogen) atoms. The number of fused-ring (bicyclic) bond motifs is 1. The van der Waals surface area contributed by atoms with Gasteiger partial charge in [-0.3, -0.25) is 9.69 Å². The molecule has 3 heterocycles. The van der Waals surface area contributed by atoms with Crippen LogP contribution in [0.2, 0.25) is 5.02 Å². The molecule has 120 valence electrons. The Balaban J connectivity index is 1.58. The van der Waals surface area contributed by atoms with E-state index in [9.17, 15) is 4.79 Å². The summed E-state index contributed by atoms with van der Waals surface area (Å²) in [7, 11) is 0. The minimum absolute atomic E-state index is 0.0883. The predicted octanol–water partition coefficient (Wildman–Crippen LogP) is 2.35. The van der Waals surface area contributed by atoms with Crippen LogP contribution >= 0.6 is 22.9 Å². The lowest BCUT2D eigenvalue weighted by atomic mass is 10.1. The highest BCUT2D eigenvalue weighted by atomic mass is 35.5. The summed E-state index contributed by atoms with van der Waals surface area (Å²) in [5.41, 5.74) is 3.14. The van der Waals surface area contributed by atoms with Crippen LogP contribution in [0.1, 0.15) is 22.5 Å². The third-order valence-electron chi connectivity index (χ3n) is 4.03. The molecule has 1 aromatic heterocycles. The van der Waals surface area contributed by atoms with Gasteiger partial charge in [0.05, 0.1) is 17.5 Å². The quantitative estimate of drug-likeness (QED) is 0.580. The van der Waals surface area contributed by atoms with Crippen molar-refractivity contribution in [1.82, 2.24) is 4.90 Å². The van der Waals surface area contributed by atoms with Gasteiger partial charge in [-0.2, -0.15) is 0 Å². The van der Waals surface area contributed by atoms with E-state index in [1.165, 1.54) is 11.3 Å². The molecule has 4 rings (SSSR count). The van der Waals surface area contributed by atoms with E-state index in [1.54, 1.807) is 33.2 Å². The molecule has 1 amide bonds. The van der Waals surface area contributed by atoms with E-state index in [2.05, 4.69) is 17.1 Å². The number of hydrogen-bond donors (Lipinski definition) is 0. The second-order valence-corrected chi connectivity index (χ2v) is 6.72. The maximum Gasteiger partial charge on any atom is 0.323 e. The maximum absolute atomic E-state index is 12.8. The Kier molecular flexibility index (Phi) is 3.97. The number of carbonyl (C=O) groups excluding carboxylic acids is 1. The number of benzene rings is 1. The molecule has 1 fully saturated rings. The first-order valence-electron chi connectivity index (χ1n) is 7.48. The molecular weight excluding hydrogens is 346 g/mol. The molecule has 1 saturated heterocycles. The third kappa shape index (κ3) is 2.77. The van der Waals surface area contributed by atoms with E-state index in [0.717, 1.165) is 12.0 Å². The van der Waals surface area contributed by atoms with Crippen LogP contribution in [0, 0.1) is 17.9 Å². The van der Waals surface area contributed by atoms with Crippen LogP contribution in [0.4, 0.5) is 0 Å². The second kappa shape index (κ2) is 6.27. The lowest BCUT2D eigenvalue weighted by molar-refractivity contribution is -0.580. The highest BCUT2D eigenvalue weighted by Gasteiger charge is 2.43. The third-order valence-corrected chi connectivity index (χ3v) is 4.96. The zero-order valence-corrected chi connectivity index (χ0v) is 14.1. The second-order valence-electron chi connectivity index (χ2n) is 5.56. The summed E-state index contributed by atoms with van der Waals surface area (Å²) in [6.07, 6.45) is 2.36. The normalized spacial score (nSPS) is 21.1. The van der Waals surface area contributed by atoms with Gasteiger partial charge in [-0.25, -0.2) is 0 Å². The van der Waals surface area contributed by atoms with E-state index >= 15 is 0 Å². The predicted molar refractivity (Wildman–Crippen MR) is 90.8 cm³/mol. The van der Waals surface area contributed by atoms with Crippen molar-refractivity contribution < 1.29 is 14.2 Å².